The lowest BCUT2D eigenvalue weighted by molar-refractivity contribution is -0.137. The number of nitrogens with one attached hydrogen (secondary N) is 1. The molecule has 2 aromatic heterocycles. The van der Waals surface area contributed by atoms with E-state index in [2.05, 4.69) is 52.1 Å². The van der Waals surface area contributed by atoms with E-state index in [1.807, 2.05) is 17.0 Å². The van der Waals surface area contributed by atoms with Crippen LogP contribution in [0.2, 0.25) is 0 Å². The number of rotatable bonds is 4. The van der Waals surface area contributed by atoms with Crippen LogP contribution in [0.15, 0.2) is 48.8 Å². The average molecular weight is 473 g/mol. The smallest absolute Gasteiger partial charge is 0.271 e. The van der Waals surface area contributed by atoms with Crippen molar-refractivity contribution in [1.82, 2.24) is 25.0 Å². The Hall–Kier alpha value is -3.68. The average Bonchev–Trinajstić information content (AvgIpc) is 3.41. The van der Waals surface area contributed by atoms with Gasteiger partial charge in [0, 0.05) is 62.9 Å². The van der Waals surface area contributed by atoms with Crippen molar-refractivity contribution in [2.75, 3.05) is 44.2 Å². The minimum absolute atomic E-state index is 0.102. The third-order valence-electron chi connectivity index (χ3n) is 7.35. The fraction of sp³-hybridized carbons (Fsp3) is 0.407. The molecular formula is C27H32N6O2. The molecule has 0 bridgehead atoms. The Bertz CT molecular complexity index is 1200. The van der Waals surface area contributed by atoms with Crippen LogP contribution in [0.5, 0.6) is 0 Å². The molecule has 0 unspecified atom stereocenters. The van der Waals surface area contributed by atoms with Crippen molar-refractivity contribution < 1.29 is 9.59 Å². The van der Waals surface area contributed by atoms with Crippen LogP contribution in [0.3, 0.4) is 0 Å². The highest BCUT2D eigenvalue weighted by molar-refractivity contribution is 5.94. The van der Waals surface area contributed by atoms with Crippen molar-refractivity contribution in [3.63, 3.8) is 0 Å². The van der Waals surface area contributed by atoms with Crippen molar-refractivity contribution in [3.8, 4) is 11.3 Å². The predicted octanol–water partition coefficient (Wildman–Crippen LogP) is 3.29. The number of likely N-dealkylation sites (tertiary alicyclic amines) is 1. The number of anilines is 1. The van der Waals surface area contributed by atoms with Gasteiger partial charge in [0.15, 0.2) is 0 Å². The molecule has 8 nitrogen and oxygen atoms in total. The van der Waals surface area contributed by atoms with E-state index in [4.69, 9.17) is 0 Å². The van der Waals surface area contributed by atoms with Gasteiger partial charge in [0.25, 0.3) is 5.91 Å². The molecule has 1 atom stereocenters. The maximum Gasteiger partial charge on any atom is 0.271 e. The number of aryl methyl sites for hydroxylation is 1. The summed E-state index contributed by atoms with van der Waals surface area (Å²) < 4.78 is 0. The summed E-state index contributed by atoms with van der Waals surface area (Å²) in [4.78, 5) is 36.7. The molecule has 0 radical (unpaired) electrons. The van der Waals surface area contributed by atoms with E-state index in [0.717, 1.165) is 31.5 Å². The minimum atomic E-state index is -0.150. The van der Waals surface area contributed by atoms with Crippen LogP contribution in [0.1, 0.15) is 34.5 Å². The molecule has 2 fully saturated rings. The molecule has 2 saturated heterocycles. The van der Waals surface area contributed by atoms with Gasteiger partial charge in [-0.1, -0.05) is 12.1 Å². The zero-order chi connectivity index (χ0) is 24.4. The quantitative estimate of drug-likeness (QED) is 0.630. The number of amides is 2. The lowest BCUT2D eigenvalue weighted by atomic mass is 9.95. The summed E-state index contributed by atoms with van der Waals surface area (Å²) in [6.45, 7) is 8.51. The van der Waals surface area contributed by atoms with E-state index in [1.165, 1.54) is 16.8 Å². The summed E-state index contributed by atoms with van der Waals surface area (Å²) in [6.07, 6.45) is 5.06. The maximum absolute atomic E-state index is 13.4. The first-order valence-electron chi connectivity index (χ1n) is 12.4. The van der Waals surface area contributed by atoms with Crippen LogP contribution in [-0.4, -0.2) is 76.1 Å². The Morgan fingerprint density at radius 2 is 1.74 bits per heavy atom. The number of aromatic amines is 1. The van der Waals surface area contributed by atoms with E-state index in [1.54, 1.807) is 23.4 Å². The highest BCUT2D eigenvalue weighted by Crippen LogP contribution is 2.26. The first-order valence-corrected chi connectivity index (χ1v) is 12.4. The third-order valence-corrected chi connectivity index (χ3v) is 7.35. The van der Waals surface area contributed by atoms with E-state index < -0.39 is 0 Å². The number of carbonyl (C=O) groups is 2. The van der Waals surface area contributed by atoms with Crippen molar-refractivity contribution >= 4 is 17.5 Å². The first kappa shape index (κ1) is 23.1. The van der Waals surface area contributed by atoms with E-state index in [0.29, 0.717) is 37.6 Å². The molecule has 0 spiro atoms. The van der Waals surface area contributed by atoms with Crippen LogP contribution < -0.4 is 4.90 Å². The SMILES string of the molecule is Cc1cccc(N2CCN(C(=O)[C@H]3CCCN(C(=O)c4cc(-c5ccncc5)n[nH]4)C3)CC2)c1C. The fourth-order valence-corrected chi connectivity index (χ4v) is 5.14. The molecule has 1 N–H and O–H groups in total. The summed E-state index contributed by atoms with van der Waals surface area (Å²) in [7, 11) is 0. The third kappa shape index (κ3) is 4.78. The lowest BCUT2D eigenvalue weighted by Crippen LogP contribution is -2.53. The Morgan fingerprint density at radius 1 is 0.971 bits per heavy atom. The molecule has 0 aliphatic carbocycles. The molecule has 2 amide bonds. The molecule has 5 rings (SSSR count). The molecule has 4 heterocycles. The van der Waals surface area contributed by atoms with Gasteiger partial charge in [-0.25, -0.2) is 0 Å². The van der Waals surface area contributed by atoms with Crippen LogP contribution in [0, 0.1) is 19.8 Å². The summed E-state index contributed by atoms with van der Waals surface area (Å²) in [5.41, 5.74) is 5.92. The van der Waals surface area contributed by atoms with Crippen molar-refractivity contribution in [3.05, 3.63) is 65.6 Å². The zero-order valence-corrected chi connectivity index (χ0v) is 20.4. The number of piperazine rings is 1. The monoisotopic (exact) mass is 472 g/mol. The van der Waals surface area contributed by atoms with E-state index in [-0.39, 0.29) is 17.7 Å². The molecular weight excluding hydrogens is 440 g/mol. The summed E-state index contributed by atoms with van der Waals surface area (Å²) in [5.74, 6) is -0.0807. The number of pyridine rings is 1. The number of hydrogen-bond acceptors (Lipinski definition) is 5. The number of nitrogens with zero attached hydrogens (tertiary/aromatic N) is 5. The second-order valence-corrected chi connectivity index (χ2v) is 9.52. The number of benzene rings is 1. The van der Waals surface area contributed by atoms with Gasteiger partial charge in [0.2, 0.25) is 5.91 Å². The van der Waals surface area contributed by atoms with Gasteiger partial charge in [-0.15, -0.1) is 0 Å². The fourth-order valence-electron chi connectivity index (χ4n) is 5.14. The summed E-state index contributed by atoms with van der Waals surface area (Å²) in [6, 6.07) is 11.9. The molecule has 182 valence electrons. The summed E-state index contributed by atoms with van der Waals surface area (Å²) in [5, 5.41) is 7.17. The highest BCUT2D eigenvalue weighted by atomic mass is 16.2. The van der Waals surface area contributed by atoms with Gasteiger partial charge < -0.3 is 14.7 Å². The van der Waals surface area contributed by atoms with Crippen molar-refractivity contribution in [2.24, 2.45) is 5.92 Å². The van der Waals surface area contributed by atoms with Gasteiger partial charge >= 0.3 is 0 Å². The normalized spacial score (nSPS) is 18.6. The second kappa shape index (κ2) is 9.90. The number of hydrogen-bond donors (Lipinski definition) is 1. The molecule has 35 heavy (non-hydrogen) atoms. The number of carbonyl (C=O) groups excluding carboxylic acids is 2. The Morgan fingerprint density at radius 3 is 2.51 bits per heavy atom. The molecule has 3 aromatic rings. The number of H-pyrrole nitrogens is 1. The van der Waals surface area contributed by atoms with E-state index >= 15 is 0 Å². The minimum Gasteiger partial charge on any atom is -0.368 e. The molecule has 1 aromatic carbocycles. The van der Waals surface area contributed by atoms with Crippen molar-refractivity contribution in [2.45, 2.75) is 26.7 Å². The van der Waals surface area contributed by atoms with Gasteiger partial charge in [-0.05, 0) is 62.1 Å². The highest BCUT2D eigenvalue weighted by Gasteiger charge is 2.33. The Balaban J connectivity index is 1.19. The number of aromatic nitrogens is 3. The first-order chi connectivity index (χ1) is 17.0. The van der Waals surface area contributed by atoms with Crippen LogP contribution >= 0.6 is 0 Å². The van der Waals surface area contributed by atoms with Crippen molar-refractivity contribution in [1.29, 1.82) is 0 Å². The topological polar surface area (TPSA) is 85.4 Å². The molecule has 8 heteroatoms. The Labute approximate surface area is 205 Å². The number of piperidine rings is 1. The Kier molecular flexibility index (Phi) is 6.53. The maximum atomic E-state index is 13.4. The van der Waals surface area contributed by atoms with Gasteiger partial charge in [0.05, 0.1) is 11.6 Å². The van der Waals surface area contributed by atoms with Crippen LogP contribution in [0.4, 0.5) is 5.69 Å². The van der Waals surface area contributed by atoms with Crippen LogP contribution in [-0.2, 0) is 4.79 Å². The van der Waals surface area contributed by atoms with Gasteiger partial charge in [0.1, 0.15) is 5.69 Å². The van der Waals surface area contributed by atoms with Gasteiger partial charge in [-0.2, -0.15) is 5.10 Å². The molecule has 0 saturated carbocycles. The van der Waals surface area contributed by atoms with E-state index in [9.17, 15) is 9.59 Å². The predicted molar refractivity (Wildman–Crippen MR) is 135 cm³/mol. The standard InChI is InChI=1S/C27H32N6O2/c1-19-5-3-7-25(20(19)2)31-13-15-32(16-14-31)26(34)22-6-4-12-33(18-22)27(35)24-17-23(29-30-24)21-8-10-28-11-9-21/h3,5,7-11,17,22H,4,6,12-16,18H2,1-2H3,(H,29,30)/t22-/m0/s1. The zero-order valence-electron chi connectivity index (χ0n) is 20.4. The molecule has 2 aliphatic heterocycles. The molecule has 2 aliphatic rings. The second-order valence-electron chi connectivity index (χ2n) is 9.52. The largest absolute Gasteiger partial charge is 0.368 e. The van der Waals surface area contributed by atoms with Crippen LogP contribution in [0.25, 0.3) is 11.3 Å². The summed E-state index contributed by atoms with van der Waals surface area (Å²) >= 11 is 0. The van der Waals surface area contributed by atoms with Gasteiger partial charge in [-0.3, -0.25) is 19.7 Å². The lowest BCUT2D eigenvalue weighted by Gasteiger charge is -2.40.